The van der Waals surface area contributed by atoms with Crippen molar-refractivity contribution in [3.8, 4) is 22.8 Å². The van der Waals surface area contributed by atoms with Crippen LogP contribution in [-0.2, 0) is 19.6 Å². The molecule has 0 aliphatic carbocycles. The topological polar surface area (TPSA) is 183 Å². The summed E-state index contributed by atoms with van der Waals surface area (Å²) in [6, 6.07) is 12.7. The third kappa shape index (κ3) is 7.34. The molecule has 3 aromatic rings. The van der Waals surface area contributed by atoms with E-state index in [0.29, 0.717) is 36.6 Å². The molecule has 236 valence electrons. The van der Waals surface area contributed by atoms with Crippen LogP contribution in [0.2, 0.25) is 0 Å². The van der Waals surface area contributed by atoms with Gasteiger partial charge in [-0.3, -0.25) is 9.59 Å². The lowest BCUT2D eigenvalue weighted by Crippen LogP contribution is -2.46. The zero-order valence-corrected chi connectivity index (χ0v) is 25.3. The van der Waals surface area contributed by atoms with E-state index in [9.17, 15) is 28.2 Å². The number of benzene rings is 2. The van der Waals surface area contributed by atoms with Crippen LogP contribution in [-0.4, -0.2) is 104 Å². The Bertz CT molecular complexity index is 1560. The van der Waals surface area contributed by atoms with Crippen molar-refractivity contribution in [2.24, 2.45) is 0 Å². The van der Waals surface area contributed by atoms with Gasteiger partial charge in [-0.05, 0) is 42.7 Å². The molecule has 2 aromatic carbocycles. The summed E-state index contributed by atoms with van der Waals surface area (Å²) in [5.41, 5.74) is 2.70. The van der Waals surface area contributed by atoms with E-state index in [0.717, 1.165) is 22.9 Å². The molecule has 5 atom stereocenters. The van der Waals surface area contributed by atoms with Gasteiger partial charge in [0.25, 0.3) is 5.91 Å². The first-order valence-corrected chi connectivity index (χ1v) is 16.2. The number of hydrogen-bond donors (Lipinski definition) is 5. The Labute approximate surface area is 255 Å². The number of aromatic nitrogens is 1. The highest BCUT2D eigenvalue weighted by Gasteiger charge is 2.39. The minimum atomic E-state index is -3.58. The lowest BCUT2D eigenvalue weighted by Gasteiger charge is -2.22. The molecule has 2 saturated heterocycles. The first-order valence-electron chi connectivity index (χ1n) is 14.3. The van der Waals surface area contributed by atoms with Gasteiger partial charge in [-0.1, -0.05) is 24.3 Å². The molecule has 5 N–H and O–H groups in total. The van der Waals surface area contributed by atoms with Gasteiger partial charge in [0.15, 0.2) is 5.76 Å². The van der Waals surface area contributed by atoms with E-state index < -0.39 is 40.4 Å². The summed E-state index contributed by atoms with van der Waals surface area (Å²) in [6.45, 7) is 0.394. The highest BCUT2D eigenvalue weighted by Crippen LogP contribution is 2.28. The van der Waals surface area contributed by atoms with E-state index >= 15 is 0 Å². The van der Waals surface area contributed by atoms with Crippen molar-refractivity contribution < 1.29 is 37.4 Å². The summed E-state index contributed by atoms with van der Waals surface area (Å²) < 4.78 is 37.4. The maximum atomic E-state index is 12.9. The highest BCUT2D eigenvalue weighted by molar-refractivity contribution is 7.88. The zero-order valence-electron chi connectivity index (χ0n) is 24.5. The number of nitrogens with zero attached hydrogens (tertiary/aromatic N) is 2. The Morgan fingerprint density at radius 2 is 1.84 bits per heavy atom. The first-order chi connectivity index (χ1) is 21.0. The number of aliphatic hydroxyl groups is 2. The number of amides is 2. The van der Waals surface area contributed by atoms with Gasteiger partial charge in [-0.2, -0.15) is 4.31 Å². The van der Waals surface area contributed by atoms with Crippen LogP contribution in [0.25, 0.3) is 22.8 Å². The second-order valence-corrected chi connectivity index (χ2v) is 13.1. The number of nitrogens with one attached hydrogen (secondary N) is 3. The van der Waals surface area contributed by atoms with Crippen molar-refractivity contribution in [3.63, 3.8) is 0 Å². The summed E-state index contributed by atoms with van der Waals surface area (Å²) in [5.74, 6) is 0.299. The van der Waals surface area contributed by atoms with E-state index in [1.54, 1.807) is 30.5 Å². The molecule has 0 bridgehead atoms. The summed E-state index contributed by atoms with van der Waals surface area (Å²) in [6.07, 6.45) is 2.37. The Morgan fingerprint density at radius 3 is 2.45 bits per heavy atom. The number of β-amino-alcohol motifs (C(OH)–C–C–N with tert-alkyl or cyclic N) is 1. The summed E-state index contributed by atoms with van der Waals surface area (Å²) in [5, 5.41) is 27.7. The fourth-order valence-corrected chi connectivity index (χ4v) is 6.75. The molecule has 3 heterocycles. The van der Waals surface area contributed by atoms with Crippen LogP contribution in [0.4, 0.5) is 0 Å². The van der Waals surface area contributed by atoms with Gasteiger partial charge < -0.3 is 35.3 Å². The van der Waals surface area contributed by atoms with Crippen molar-refractivity contribution in [2.45, 2.75) is 43.2 Å². The smallest absolute Gasteiger partial charge is 0.251 e. The van der Waals surface area contributed by atoms with Crippen LogP contribution in [0.15, 0.2) is 59.1 Å². The molecule has 5 rings (SSSR count). The summed E-state index contributed by atoms with van der Waals surface area (Å²) >= 11 is 0. The number of rotatable bonds is 11. The average Bonchev–Trinajstić information content (AvgIpc) is 3.77. The van der Waals surface area contributed by atoms with Crippen LogP contribution >= 0.6 is 0 Å². The van der Waals surface area contributed by atoms with Crippen LogP contribution in [0.5, 0.6) is 0 Å². The number of carbonyl (C=O) groups excluding carboxylic acids is 2. The number of sulfonamides is 1. The van der Waals surface area contributed by atoms with Crippen LogP contribution < -0.4 is 16.0 Å². The highest BCUT2D eigenvalue weighted by atomic mass is 32.2. The van der Waals surface area contributed by atoms with Crippen LogP contribution in [0.3, 0.4) is 0 Å². The number of aliphatic hydroxyl groups excluding tert-OH is 2. The minimum absolute atomic E-state index is 0.0775. The molecular weight excluding hydrogens is 590 g/mol. The minimum Gasteiger partial charge on any atom is -0.436 e. The molecular formula is C30H37N5O8S. The van der Waals surface area contributed by atoms with Gasteiger partial charge in [-0.25, -0.2) is 13.4 Å². The van der Waals surface area contributed by atoms with Crippen molar-refractivity contribution in [1.29, 1.82) is 0 Å². The largest absolute Gasteiger partial charge is 0.436 e. The van der Waals surface area contributed by atoms with Crippen molar-refractivity contribution >= 4 is 21.8 Å². The van der Waals surface area contributed by atoms with Gasteiger partial charge in [0.2, 0.25) is 21.8 Å². The average molecular weight is 628 g/mol. The maximum Gasteiger partial charge on any atom is 0.251 e. The predicted octanol–water partition coefficient (Wildman–Crippen LogP) is 0.660. The second-order valence-electron chi connectivity index (χ2n) is 11.1. The maximum absolute atomic E-state index is 12.9. The third-order valence-corrected chi connectivity index (χ3v) is 9.28. The molecule has 44 heavy (non-hydrogen) atoms. The molecule has 2 fully saturated rings. The Balaban J connectivity index is 1.18. The van der Waals surface area contributed by atoms with Crippen LogP contribution in [0, 0.1) is 0 Å². The van der Waals surface area contributed by atoms with E-state index in [1.807, 2.05) is 24.3 Å². The third-order valence-electron chi connectivity index (χ3n) is 7.98. The SMILES string of the molecule is COC(CO)c1ccc(-c2ncc(-c3ccc(C(=O)NC[C@H]4C[C@@H](NC(=O)[C@@H]5C[C@H](O)CN5)CN4S(C)(=O)=O)cc3)o2)cc1. The van der Waals surface area contributed by atoms with Crippen molar-refractivity contribution in [2.75, 3.05) is 39.6 Å². The molecule has 2 aliphatic heterocycles. The van der Waals surface area contributed by atoms with Crippen molar-refractivity contribution in [1.82, 2.24) is 25.2 Å². The van der Waals surface area contributed by atoms with Gasteiger partial charge >= 0.3 is 0 Å². The van der Waals surface area contributed by atoms with Gasteiger partial charge in [0, 0.05) is 55.5 Å². The van der Waals surface area contributed by atoms with E-state index in [1.165, 1.54) is 11.4 Å². The number of ether oxygens (including phenoxy) is 1. The normalized spacial score (nSPS) is 23.0. The van der Waals surface area contributed by atoms with E-state index in [2.05, 4.69) is 20.9 Å². The number of carbonyl (C=O) groups is 2. The fourth-order valence-electron chi connectivity index (χ4n) is 5.60. The molecule has 14 heteroatoms. The number of hydrogen-bond acceptors (Lipinski definition) is 10. The van der Waals surface area contributed by atoms with Gasteiger partial charge in [0.1, 0.15) is 6.10 Å². The molecule has 2 aliphatic rings. The second kappa shape index (κ2) is 13.5. The molecule has 0 spiro atoms. The molecule has 2 amide bonds. The van der Waals surface area contributed by atoms with Crippen molar-refractivity contribution in [3.05, 3.63) is 65.9 Å². The van der Waals surface area contributed by atoms with E-state index in [4.69, 9.17) is 9.15 Å². The van der Waals surface area contributed by atoms with Gasteiger partial charge in [0.05, 0.1) is 31.2 Å². The first kappa shape index (κ1) is 31.8. The quantitative estimate of drug-likeness (QED) is 0.202. The Hall–Kier alpha value is -3.66. The predicted molar refractivity (Wildman–Crippen MR) is 161 cm³/mol. The molecule has 1 unspecified atom stereocenters. The summed E-state index contributed by atoms with van der Waals surface area (Å²) in [7, 11) is -2.05. The molecule has 0 saturated carbocycles. The summed E-state index contributed by atoms with van der Waals surface area (Å²) in [4.78, 5) is 29.9. The molecule has 13 nitrogen and oxygen atoms in total. The lowest BCUT2D eigenvalue weighted by atomic mass is 10.1. The van der Waals surface area contributed by atoms with Gasteiger partial charge in [-0.15, -0.1) is 0 Å². The number of oxazole rings is 1. The molecule has 1 aromatic heterocycles. The Morgan fingerprint density at radius 1 is 1.14 bits per heavy atom. The Kier molecular flexibility index (Phi) is 9.78. The lowest BCUT2D eigenvalue weighted by molar-refractivity contribution is -0.123. The standard InChI is InChI=1S/C30H37N5O8S/c1-42-27(17-36)19-5-9-21(10-6-19)30-33-15-26(43-30)18-3-7-20(8-4-18)28(38)32-13-23-11-22(16-35(23)44(2,40)41)34-29(39)25-12-24(37)14-31-25/h3-10,15,22-25,27,31,36-37H,11-14,16-17H2,1-2H3,(H,32,38)(H,34,39)/t22-,23-,24+,25+,27?/m1/s1. The fraction of sp³-hybridized carbons (Fsp3) is 0.433. The van der Waals surface area contributed by atoms with Crippen LogP contribution in [0.1, 0.15) is 34.9 Å². The zero-order chi connectivity index (χ0) is 31.4. The monoisotopic (exact) mass is 627 g/mol. The number of methoxy groups -OCH3 is 1. The molecule has 0 radical (unpaired) electrons. The van der Waals surface area contributed by atoms with E-state index in [-0.39, 0.29) is 31.5 Å².